The van der Waals surface area contributed by atoms with Crippen molar-refractivity contribution in [2.75, 3.05) is 25.2 Å². The summed E-state index contributed by atoms with van der Waals surface area (Å²) in [5, 5.41) is 8.96. The van der Waals surface area contributed by atoms with Gasteiger partial charge in [0.25, 0.3) is 0 Å². The molecular weight excluding hydrogens is 262 g/mol. The second kappa shape index (κ2) is 6.19. The highest BCUT2D eigenvalue weighted by molar-refractivity contribution is 5.65. The molecule has 0 atom stereocenters. The van der Waals surface area contributed by atoms with Gasteiger partial charge in [0.15, 0.2) is 0 Å². The van der Waals surface area contributed by atoms with E-state index in [0.29, 0.717) is 6.42 Å². The topological polar surface area (TPSA) is 32.7 Å². The van der Waals surface area contributed by atoms with Crippen LogP contribution in [0.3, 0.4) is 0 Å². The lowest BCUT2D eigenvalue weighted by Gasteiger charge is -2.23. The molecule has 0 aliphatic carbocycles. The van der Waals surface area contributed by atoms with Gasteiger partial charge in [-0.1, -0.05) is 18.2 Å². The highest BCUT2D eigenvalue weighted by Crippen LogP contribution is 2.32. The number of ether oxygens (including phenoxy) is 1. The Bertz CT molecular complexity index is 607. The van der Waals surface area contributed by atoms with Gasteiger partial charge in [0.05, 0.1) is 6.61 Å². The molecule has 1 N–H and O–H groups in total. The van der Waals surface area contributed by atoms with E-state index < -0.39 is 0 Å². The smallest absolute Gasteiger partial charge is 0.124 e. The molecule has 0 aromatic heterocycles. The van der Waals surface area contributed by atoms with Crippen molar-refractivity contribution in [3.8, 4) is 5.75 Å². The maximum absolute atomic E-state index is 8.96. The Hall–Kier alpha value is -2.00. The monoisotopic (exact) mass is 283 g/mol. The van der Waals surface area contributed by atoms with Crippen molar-refractivity contribution in [2.24, 2.45) is 0 Å². The molecule has 2 aromatic rings. The molecule has 1 heterocycles. The van der Waals surface area contributed by atoms with Gasteiger partial charge in [-0.05, 0) is 48.6 Å². The van der Waals surface area contributed by atoms with E-state index in [1.54, 1.807) is 0 Å². The van der Waals surface area contributed by atoms with Crippen LogP contribution in [-0.4, -0.2) is 25.4 Å². The third-order valence-electron chi connectivity index (χ3n) is 4.01. The highest BCUT2D eigenvalue weighted by Gasteiger charge is 2.12. The lowest BCUT2D eigenvalue weighted by Crippen LogP contribution is -2.12. The van der Waals surface area contributed by atoms with Crippen LogP contribution in [0.2, 0.25) is 0 Å². The van der Waals surface area contributed by atoms with Gasteiger partial charge in [0.1, 0.15) is 5.75 Å². The number of aryl methyl sites for hydroxylation is 1. The summed E-state index contributed by atoms with van der Waals surface area (Å²) in [5.74, 6) is 1.02. The van der Waals surface area contributed by atoms with Gasteiger partial charge < -0.3 is 14.7 Å². The van der Waals surface area contributed by atoms with Crippen molar-refractivity contribution in [1.29, 1.82) is 0 Å². The van der Waals surface area contributed by atoms with Crippen molar-refractivity contribution in [2.45, 2.75) is 19.3 Å². The van der Waals surface area contributed by atoms with Crippen molar-refractivity contribution < 1.29 is 9.84 Å². The lowest BCUT2D eigenvalue weighted by atomic mass is 10.1. The van der Waals surface area contributed by atoms with Gasteiger partial charge >= 0.3 is 0 Å². The van der Waals surface area contributed by atoms with Gasteiger partial charge in [0.2, 0.25) is 0 Å². The van der Waals surface area contributed by atoms with Crippen LogP contribution in [-0.2, 0) is 12.8 Å². The summed E-state index contributed by atoms with van der Waals surface area (Å²) < 4.78 is 5.75. The molecule has 0 unspecified atom stereocenters. The van der Waals surface area contributed by atoms with E-state index in [0.717, 1.165) is 42.1 Å². The molecule has 3 rings (SSSR count). The summed E-state index contributed by atoms with van der Waals surface area (Å²) >= 11 is 0. The Morgan fingerprint density at radius 3 is 2.62 bits per heavy atom. The molecule has 3 heteroatoms. The summed E-state index contributed by atoms with van der Waals surface area (Å²) in [5.41, 5.74) is 4.72. The summed E-state index contributed by atoms with van der Waals surface area (Å²) in [6.07, 6.45) is 2.92. The number of hydrogen-bond donors (Lipinski definition) is 1. The fraction of sp³-hybridized carbons (Fsp3) is 0.333. The average molecular weight is 283 g/mol. The number of aliphatic hydroxyl groups excluding tert-OH is 1. The third kappa shape index (κ3) is 3.03. The Balaban J connectivity index is 1.82. The van der Waals surface area contributed by atoms with Crippen LogP contribution in [0.4, 0.5) is 11.4 Å². The number of hydrogen-bond acceptors (Lipinski definition) is 3. The molecule has 21 heavy (non-hydrogen) atoms. The number of fused-ring (bicyclic) bond motifs is 1. The number of rotatable bonds is 4. The Morgan fingerprint density at radius 1 is 1.10 bits per heavy atom. The second-order valence-electron chi connectivity index (χ2n) is 5.44. The van der Waals surface area contributed by atoms with Crippen LogP contribution in [0.1, 0.15) is 17.5 Å². The van der Waals surface area contributed by atoms with Crippen LogP contribution >= 0.6 is 0 Å². The second-order valence-corrected chi connectivity index (χ2v) is 5.44. The van der Waals surface area contributed by atoms with E-state index >= 15 is 0 Å². The van der Waals surface area contributed by atoms with Gasteiger partial charge in [-0.2, -0.15) is 0 Å². The Kier molecular flexibility index (Phi) is 4.11. The van der Waals surface area contributed by atoms with E-state index in [4.69, 9.17) is 9.84 Å². The van der Waals surface area contributed by atoms with Gasteiger partial charge in [-0.25, -0.2) is 0 Å². The third-order valence-corrected chi connectivity index (χ3v) is 4.01. The minimum absolute atomic E-state index is 0.192. The van der Waals surface area contributed by atoms with E-state index in [2.05, 4.69) is 54.4 Å². The van der Waals surface area contributed by atoms with Crippen molar-refractivity contribution in [1.82, 2.24) is 0 Å². The van der Waals surface area contributed by atoms with Crippen LogP contribution in [0.15, 0.2) is 42.5 Å². The van der Waals surface area contributed by atoms with Crippen LogP contribution in [0.25, 0.3) is 0 Å². The zero-order valence-electron chi connectivity index (χ0n) is 12.4. The quantitative estimate of drug-likeness (QED) is 0.934. The molecule has 3 nitrogen and oxygen atoms in total. The fourth-order valence-electron chi connectivity index (χ4n) is 2.70. The summed E-state index contributed by atoms with van der Waals surface area (Å²) in [4.78, 5) is 2.15. The number of benzene rings is 2. The first kappa shape index (κ1) is 14.0. The normalized spacial score (nSPS) is 13.4. The van der Waals surface area contributed by atoms with E-state index in [1.807, 2.05) is 0 Å². The molecule has 0 amide bonds. The fourth-order valence-corrected chi connectivity index (χ4v) is 2.70. The number of nitrogens with zero attached hydrogens (tertiary/aromatic N) is 1. The Labute approximate surface area is 125 Å². The molecule has 0 radical (unpaired) electrons. The molecule has 0 spiro atoms. The predicted octanol–water partition coefficient (Wildman–Crippen LogP) is 3.31. The first-order valence-corrected chi connectivity index (χ1v) is 7.47. The average Bonchev–Trinajstić information content (AvgIpc) is 2.55. The minimum atomic E-state index is 0.192. The van der Waals surface area contributed by atoms with Crippen molar-refractivity contribution in [3.63, 3.8) is 0 Å². The van der Waals surface area contributed by atoms with Gasteiger partial charge in [-0.3, -0.25) is 0 Å². The minimum Gasteiger partial charge on any atom is -0.493 e. The molecule has 1 aliphatic rings. The van der Waals surface area contributed by atoms with Crippen LogP contribution < -0.4 is 9.64 Å². The molecule has 110 valence electrons. The summed E-state index contributed by atoms with van der Waals surface area (Å²) in [6.45, 7) is 1.01. The Morgan fingerprint density at radius 2 is 1.86 bits per heavy atom. The predicted molar refractivity (Wildman–Crippen MR) is 85.6 cm³/mol. The zero-order chi connectivity index (χ0) is 14.7. The largest absolute Gasteiger partial charge is 0.493 e. The van der Waals surface area contributed by atoms with Crippen LogP contribution in [0, 0.1) is 0 Å². The molecule has 0 saturated heterocycles. The first-order valence-electron chi connectivity index (χ1n) is 7.47. The molecule has 0 saturated carbocycles. The van der Waals surface area contributed by atoms with Crippen LogP contribution in [0.5, 0.6) is 5.75 Å². The maximum atomic E-state index is 8.96. The molecule has 0 bridgehead atoms. The highest BCUT2D eigenvalue weighted by atomic mass is 16.5. The summed E-state index contributed by atoms with van der Waals surface area (Å²) in [7, 11) is 2.06. The SMILES string of the molecule is CN(c1ccc(CCO)cc1)c1ccc2c(c1)OCCC2. The zero-order valence-corrected chi connectivity index (χ0v) is 12.4. The molecule has 1 aliphatic heterocycles. The number of anilines is 2. The van der Waals surface area contributed by atoms with Gasteiger partial charge in [0, 0.05) is 31.1 Å². The first-order chi connectivity index (χ1) is 10.3. The molecule has 2 aromatic carbocycles. The van der Waals surface area contributed by atoms with Crippen molar-refractivity contribution >= 4 is 11.4 Å². The number of aliphatic hydroxyl groups is 1. The van der Waals surface area contributed by atoms with E-state index in [9.17, 15) is 0 Å². The van der Waals surface area contributed by atoms with Crippen molar-refractivity contribution in [3.05, 3.63) is 53.6 Å². The molecular formula is C18H21NO2. The standard InChI is InChI=1S/C18H21NO2/c1-19(16-7-4-14(5-8-16)10-11-20)17-9-6-15-3-2-12-21-18(15)13-17/h4-9,13,20H,2-3,10-12H2,1H3. The molecule has 0 fully saturated rings. The van der Waals surface area contributed by atoms with E-state index in [-0.39, 0.29) is 6.61 Å². The van der Waals surface area contributed by atoms with E-state index in [1.165, 1.54) is 5.56 Å². The maximum Gasteiger partial charge on any atom is 0.124 e. The van der Waals surface area contributed by atoms with Gasteiger partial charge in [-0.15, -0.1) is 0 Å². The lowest BCUT2D eigenvalue weighted by molar-refractivity contribution is 0.288. The summed E-state index contributed by atoms with van der Waals surface area (Å²) in [6, 6.07) is 14.7.